The molecule has 1 saturated heterocycles. The van der Waals surface area contributed by atoms with E-state index in [1.807, 2.05) is 0 Å². The van der Waals surface area contributed by atoms with Gasteiger partial charge in [0.05, 0.1) is 12.0 Å². The Morgan fingerprint density at radius 1 is 1.19 bits per heavy atom. The highest BCUT2D eigenvalue weighted by Gasteiger charge is 2.42. The molecule has 7 heteroatoms. The summed E-state index contributed by atoms with van der Waals surface area (Å²) in [6.45, 7) is 3.67. The van der Waals surface area contributed by atoms with Crippen molar-refractivity contribution in [3.05, 3.63) is 5.82 Å². The Hall–Kier alpha value is -1.50. The van der Waals surface area contributed by atoms with E-state index in [0.29, 0.717) is 6.54 Å². The van der Waals surface area contributed by atoms with Gasteiger partial charge in [-0.05, 0) is 49.2 Å². The highest BCUT2D eigenvalue weighted by Crippen LogP contribution is 2.39. The van der Waals surface area contributed by atoms with Gasteiger partial charge in [0.15, 0.2) is 5.82 Å². The summed E-state index contributed by atoms with van der Waals surface area (Å²) < 4.78 is 1.72. The fraction of sp³-hybridized carbons (Fsp3) is 0.857. The molecule has 1 saturated carbocycles. The van der Waals surface area contributed by atoms with Crippen molar-refractivity contribution in [3.8, 4) is 0 Å². The lowest BCUT2D eigenvalue weighted by molar-refractivity contribution is -0.149. The molecule has 0 radical (unpaired) electrons. The van der Waals surface area contributed by atoms with Crippen molar-refractivity contribution in [1.82, 2.24) is 25.1 Å². The minimum Gasteiger partial charge on any atom is -0.481 e. The van der Waals surface area contributed by atoms with Gasteiger partial charge in [0.25, 0.3) is 0 Å². The molecule has 0 spiro atoms. The maximum absolute atomic E-state index is 11.6. The van der Waals surface area contributed by atoms with E-state index in [4.69, 9.17) is 0 Å². The van der Waals surface area contributed by atoms with Crippen LogP contribution in [0.2, 0.25) is 0 Å². The molecular formula is C14H23N5O2. The van der Waals surface area contributed by atoms with Crippen LogP contribution in [0, 0.1) is 5.41 Å². The first-order valence-electron chi connectivity index (χ1n) is 7.90. The summed E-state index contributed by atoms with van der Waals surface area (Å²) >= 11 is 0. The van der Waals surface area contributed by atoms with Crippen LogP contribution in [0.25, 0.3) is 0 Å². The molecule has 3 rings (SSSR count). The fourth-order valence-electron chi connectivity index (χ4n) is 3.57. The lowest BCUT2D eigenvalue weighted by Gasteiger charge is -2.23. The molecule has 1 N–H and O–H groups in total. The Balaban J connectivity index is 1.65. The lowest BCUT2D eigenvalue weighted by atomic mass is 9.86. The van der Waals surface area contributed by atoms with Crippen LogP contribution in [0.4, 0.5) is 0 Å². The van der Waals surface area contributed by atoms with Crippen molar-refractivity contribution in [2.45, 2.75) is 51.5 Å². The van der Waals surface area contributed by atoms with E-state index in [-0.39, 0.29) is 0 Å². The molecule has 21 heavy (non-hydrogen) atoms. The number of aromatic nitrogens is 4. The minimum absolute atomic E-state index is 0.407. The largest absolute Gasteiger partial charge is 0.481 e. The first kappa shape index (κ1) is 14.4. The van der Waals surface area contributed by atoms with Gasteiger partial charge >= 0.3 is 5.97 Å². The van der Waals surface area contributed by atoms with E-state index in [2.05, 4.69) is 20.4 Å². The standard InChI is InChI=1S/C14H23N5O2/c20-13(21)14(6-1-2-7-14)11-19-12(15-16-17-19)5-10-18-8-3-4-9-18/h1-11H2,(H,20,21). The Morgan fingerprint density at radius 3 is 2.57 bits per heavy atom. The Kier molecular flexibility index (Phi) is 4.19. The monoisotopic (exact) mass is 293 g/mol. The second-order valence-electron chi connectivity index (χ2n) is 6.34. The SMILES string of the molecule is O=C(O)C1(Cn2nnnc2CCN2CCCC2)CCCC1. The second-order valence-corrected chi connectivity index (χ2v) is 6.34. The fourth-order valence-corrected chi connectivity index (χ4v) is 3.57. The number of rotatable bonds is 6. The summed E-state index contributed by atoms with van der Waals surface area (Å²) in [6, 6.07) is 0. The molecular weight excluding hydrogens is 270 g/mol. The van der Waals surface area contributed by atoms with Crippen LogP contribution < -0.4 is 0 Å². The smallest absolute Gasteiger partial charge is 0.311 e. The molecule has 2 heterocycles. The molecule has 0 aromatic carbocycles. The topological polar surface area (TPSA) is 84.1 Å². The van der Waals surface area contributed by atoms with Gasteiger partial charge in [-0.25, -0.2) is 4.68 Å². The number of aliphatic carboxylic acids is 1. The van der Waals surface area contributed by atoms with Crippen molar-refractivity contribution < 1.29 is 9.90 Å². The number of hydrogen-bond acceptors (Lipinski definition) is 5. The van der Waals surface area contributed by atoms with Crippen LogP contribution in [0.5, 0.6) is 0 Å². The average Bonchev–Trinajstić information content (AvgIpc) is 3.19. The predicted molar refractivity (Wildman–Crippen MR) is 75.7 cm³/mol. The van der Waals surface area contributed by atoms with Crippen molar-refractivity contribution in [3.63, 3.8) is 0 Å². The van der Waals surface area contributed by atoms with Crippen molar-refractivity contribution in [1.29, 1.82) is 0 Å². The number of likely N-dealkylation sites (tertiary alicyclic amines) is 1. The van der Waals surface area contributed by atoms with E-state index in [1.54, 1.807) is 4.68 Å². The highest BCUT2D eigenvalue weighted by atomic mass is 16.4. The summed E-state index contributed by atoms with van der Waals surface area (Å²) in [4.78, 5) is 14.1. The first-order valence-corrected chi connectivity index (χ1v) is 7.90. The second kappa shape index (κ2) is 6.09. The molecule has 0 unspecified atom stereocenters. The van der Waals surface area contributed by atoms with Crippen LogP contribution in [0.1, 0.15) is 44.3 Å². The van der Waals surface area contributed by atoms with Crippen LogP contribution in [-0.4, -0.2) is 55.8 Å². The number of carboxylic acid groups (broad SMARTS) is 1. The molecule has 116 valence electrons. The van der Waals surface area contributed by atoms with Crippen LogP contribution >= 0.6 is 0 Å². The molecule has 1 aromatic rings. The maximum Gasteiger partial charge on any atom is 0.311 e. The molecule has 2 fully saturated rings. The van der Waals surface area contributed by atoms with Crippen molar-refractivity contribution in [2.75, 3.05) is 19.6 Å². The zero-order valence-corrected chi connectivity index (χ0v) is 12.4. The van der Waals surface area contributed by atoms with Crippen LogP contribution in [-0.2, 0) is 17.8 Å². The molecule has 1 aromatic heterocycles. The Labute approximate surface area is 124 Å². The third-order valence-corrected chi connectivity index (χ3v) is 4.92. The quantitative estimate of drug-likeness (QED) is 0.841. The highest BCUT2D eigenvalue weighted by molar-refractivity contribution is 5.74. The third-order valence-electron chi connectivity index (χ3n) is 4.92. The Morgan fingerprint density at radius 2 is 1.90 bits per heavy atom. The van der Waals surface area contributed by atoms with Gasteiger partial charge in [-0.15, -0.1) is 5.10 Å². The number of tetrazole rings is 1. The van der Waals surface area contributed by atoms with E-state index in [9.17, 15) is 9.90 Å². The first-order chi connectivity index (χ1) is 10.2. The maximum atomic E-state index is 11.6. The normalized spacial score (nSPS) is 21.9. The van der Waals surface area contributed by atoms with E-state index >= 15 is 0 Å². The van der Waals surface area contributed by atoms with Gasteiger partial charge < -0.3 is 10.0 Å². The molecule has 0 atom stereocenters. The van der Waals surface area contributed by atoms with Gasteiger partial charge in [0.1, 0.15) is 0 Å². The van der Waals surface area contributed by atoms with E-state index < -0.39 is 11.4 Å². The summed E-state index contributed by atoms with van der Waals surface area (Å²) in [5.41, 5.74) is -0.669. The summed E-state index contributed by atoms with van der Waals surface area (Å²) in [7, 11) is 0. The molecule has 0 bridgehead atoms. The Bertz CT molecular complexity index is 489. The zero-order valence-electron chi connectivity index (χ0n) is 12.4. The van der Waals surface area contributed by atoms with E-state index in [1.165, 1.54) is 12.8 Å². The molecule has 2 aliphatic rings. The lowest BCUT2D eigenvalue weighted by Crippen LogP contribution is -2.34. The zero-order chi connectivity index (χ0) is 14.7. The van der Waals surface area contributed by atoms with Gasteiger partial charge in [-0.2, -0.15) is 0 Å². The summed E-state index contributed by atoms with van der Waals surface area (Å²) in [6.07, 6.45) is 6.76. The number of carboxylic acids is 1. The summed E-state index contributed by atoms with van der Waals surface area (Å²) in [5.74, 6) is 0.107. The number of hydrogen-bond donors (Lipinski definition) is 1. The number of carbonyl (C=O) groups is 1. The molecule has 1 aliphatic heterocycles. The van der Waals surface area contributed by atoms with Crippen LogP contribution in [0.15, 0.2) is 0 Å². The van der Waals surface area contributed by atoms with Gasteiger partial charge in [0.2, 0.25) is 0 Å². The predicted octanol–water partition coefficient (Wildman–Crippen LogP) is 0.956. The molecule has 1 aliphatic carbocycles. The van der Waals surface area contributed by atoms with Gasteiger partial charge in [-0.3, -0.25) is 4.79 Å². The molecule has 0 amide bonds. The van der Waals surface area contributed by atoms with Crippen molar-refractivity contribution >= 4 is 5.97 Å². The van der Waals surface area contributed by atoms with Crippen molar-refractivity contribution in [2.24, 2.45) is 5.41 Å². The number of nitrogens with zero attached hydrogens (tertiary/aromatic N) is 5. The van der Waals surface area contributed by atoms with Gasteiger partial charge in [-0.1, -0.05) is 12.8 Å². The molecule has 7 nitrogen and oxygen atoms in total. The third kappa shape index (κ3) is 3.07. The van der Waals surface area contributed by atoms with Gasteiger partial charge in [0, 0.05) is 13.0 Å². The minimum atomic E-state index is -0.707. The average molecular weight is 293 g/mol. The summed E-state index contributed by atoms with van der Waals surface area (Å²) in [5, 5.41) is 21.4. The van der Waals surface area contributed by atoms with Crippen LogP contribution in [0.3, 0.4) is 0 Å². The van der Waals surface area contributed by atoms with E-state index in [0.717, 1.165) is 57.6 Å².